The molecule has 3 nitrogen and oxygen atoms in total. The number of hydrogen-bond donors (Lipinski definition) is 2. The minimum atomic E-state index is 0.207. The Labute approximate surface area is 184 Å². The quantitative estimate of drug-likeness (QED) is 0.445. The molecule has 0 bridgehead atoms. The van der Waals surface area contributed by atoms with Crippen molar-refractivity contribution in [3.63, 3.8) is 0 Å². The zero-order valence-electron chi connectivity index (χ0n) is 18.5. The highest BCUT2D eigenvalue weighted by Gasteiger charge is 2.28. The number of allylic oxidation sites excluding steroid dienone is 1. The van der Waals surface area contributed by atoms with E-state index in [9.17, 15) is 5.11 Å². The molecule has 0 aliphatic heterocycles. The normalized spacial score (nSPS) is 16.6. The lowest BCUT2D eigenvalue weighted by atomic mass is 9.93. The van der Waals surface area contributed by atoms with Gasteiger partial charge in [0.1, 0.15) is 0 Å². The minimum absolute atomic E-state index is 0.207. The molecule has 0 amide bonds. The van der Waals surface area contributed by atoms with Crippen LogP contribution in [0.2, 0.25) is 0 Å². The maximum absolute atomic E-state index is 10.3. The average Bonchev–Trinajstić information content (AvgIpc) is 3.51. The molecule has 0 radical (unpaired) electrons. The number of benzene rings is 3. The van der Waals surface area contributed by atoms with Crippen LogP contribution < -0.4 is 10.1 Å². The molecule has 0 heterocycles. The number of aromatic hydroxyl groups is 1. The Morgan fingerprint density at radius 2 is 1.74 bits per heavy atom. The molecule has 0 atom stereocenters. The zero-order valence-corrected chi connectivity index (χ0v) is 18.5. The van der Waals surface area contributed by atoms with Gasteiger partial charge in [0.2, 0.25) is 0 Å². The molecule has 0 aromatic heterocycles. The molecule has 160 valence electrons. The summed E-state index contributed by atoms with van der Waals surface area (Å²) < 4.78 is 5.40. The Balaban J connectivity index is 1.65. The van der Waals surface area contributed by atoms with E-state index in [0.29, 0.717) is 17.7 Å². The van der Waals surface area contributed by atoms with Gasteiger partial charge in [-0.15, -0.1) is 0 Å². The third-order valence-electron chi connectivity index (χ3n) is 6.96. The van der Waals surface area contributed by atoms with Crippen LogP contribution in [0.4, 0.5) is 5.69 Å². The van der Waals surface area contributed by atoms with Crippen molar-refractivity contribution in [2.75, 3.05) is 12.4 Å². The van der Waals surface area contributed by atoms with E-state index < -0.39 is 0 Å². The summed E-state index contributed by atoms with van der Waals surface area (Å²) in [5.41, 5.74) is 6.78. The van der Waals surface area contributed by atoms with Crippen LogP contribution in [0, 0.1) is 12.8 Å². The number of phenolic OH excluding ortho intramolecular Hbond substituents is 1. The van der Waals surface area contributed by atoms with Crippen molar-refractivity contribution in [1.82, 2.24) is 0 Å². The first-order valence-corrected chi connectivity index (χ1v) is 11.5. The van der Waals surface area contributed by atoms with E-state index in [0.717, 1.165) is 16.7 Å². The lowest BCUT2D eigenvalue weighted by molar-refractivity contribution is 0.372. The highest BCUT2D eigenvalue weighted by molar-refractivity contribution is 6.02. The first-order valence-electron chi connectivity index (χ1n) is 11.5. The van der Waals surface area contributed by atoms with E-state index in [1.54, 1.807) is 7.11 Å². The lowest BCUT2D eigenvalue weighted by Crippen LogP contribution is -2.16. The van der Waals surface area contributed by atoms with Crippen LogP contribution in [-0.2, 0) is 0 Å². The van der Waals surface area contributed by atoms with Crippen LogP contribution in [0.1, 0.15) is 49.7 Å². The molecule has 2 saturated carbocycles. The van der Waals surface area contributed by atoms with Gasteiger partial charge in [0, 0.05) is 22.7 Å². The van der Waals surface area contributed by atoms with Gasteiger partial charge in [-0.25, -0.2) is 0 Å². The molecular weight excluding hydrogens is 382 g/mol. The Hall–Kier alpha value is -2.94. The van der Waals surface area contributed by atoms with Gasteiger partial charge < -0.3 is 15.2 Å². The summed E-state index contributed by atoms with van der Waals surface area (Å²) in [7, 11) is 1.60. The van der Waals surface area contributed by atoms with E-state index in [-0.39, 0.29) is 5.75 Å². The van der Waals surface area contributed by atoms with Crippen molar-refractivity contribution in [2.45, 2.75) is 51.5 Å². The van der Waals surface area contributed by atoms with Crippen molar-refractivity contribution in [3.8, 4) is 22.6 Å². The van der Waals surface area contributed by atoms with Crippen LogP contribution in [0.15, 0.2) is 49.0 Å². The molecule has 3 aromatic carbocycles. The van der Waals surface area contributed by atoms with Crippen LogP contribution in [0.5, 0.6) is 11.5 Å². The molecule has 0 unspecified atom stereocenters. The van der Waals surface area contributed by atoms with Gasteiger partial charge in [0.25, 0.3) is 0 Å². The predicted octanol–water partition coefficient (Wildman–Crippen LogP) is 7.31. The topological polar surface area (TPSA) is 41.5 Å². The smallest absolute Gasteiger partial charge is 0.161 e. The molecule has 3 heteroatoms. The van der Waals surface area contributed by atoms with Crippen LogP contribution in [0.3, 0.4) is 0 Å². The fraction of sp³-hybridized carbons (Fsp3) is 0.357. The number of aryl methyl sites for hydroxylation is 1. The Kier molecular flexibility index (Phi) is 5.13. The largest absolute Gasteiger partial charge is 0.504 e. The maximum Gasteiger partial charge on any atom is 0.161 e. The van der Waals surface area contributed by atoms with Crippen LogP contribution in [-0.4, -0.2) is 18.3 Å². The third-order valence-corrected chi connectivity index (χ3v) is 6.96. The van der Waals surface area contributed by atoms with E-state index >= 15 is 0 Å². The highest BCUT2D eigenvalue weighted by Crippen LogP contribution is 2.45. The van der Waals surface area contributed by atoms with Crippen molar-refractivity contribution in [2.24, 2.45) is 5.92 Å². The predicted molar refractivity (Wildman–Crippen MR) is 130 cm³/mol. The molecule has 2 aliphatic carbocycles. The second-order valence-corrected chi connectivity index (χ2v) is 9.19. The Bertz CT molecular complexity index is 1150. The van der Waals surface area contributed by atoms with Crippen LogP contribution in [0.25, 0.3) is 27.5 Å². The summed E-state index contributed by atoms with van der Waals surface area (Å²) in [5.74, 6) is 1.35. The Morgan fingerprint density at radius 3 is 2.45 bits per heavy atom. The van der Waals surface area contributed by atoms with Crippen molar-refractivity contribution in [1.29, 1.82) is 0 Å². The summed E-state index contributed by atoms with van der Waals surface area (Å²) >= 11 is 0. The van der Waals surface area contributed by atoms with Gasteiger partial charge in [0.15, 0.2) is 11.5 Å². The number of phenols is 1. The van der Waals surface area contributed by atoms with Crippen LogP contribution >= 0.6 is 0 Å². The molecule has 31 heavy (non-hydrogen) atoms. The third kappa shape index (κ3) is 3.78. The number of anilines is 1. The van der Waals surface area contributed by atoms with Gasteiger partial charge in [-0.1, -0.05) is 43.7 Å². The Morgan fingerprint density at radius 1 is 1.00 bits per heavy atom. The number of fused-ring (bicyclic) bond motifs is 1. The summed E-state index contributed by atoms with van der Waals surface area (Å²) in [5, 5.41) is 16.6. The molecule has 2 N–H and O–H groups in total. The van der Waals surface area contributed by atoms with Gasteiger partial charge in [-0.3, -0.25) is 0 Å². The standard InChI is InChI=1S/C28H31NO2/c1-17-14-22(16-26(31-3)28(17)30)21-11-10-20-12-13-24(18(2)19-8-9-19)27(25(20)15-21)29-23-6-4-5-7-23/h10-16,19,23,29-30H,2,4-9H2,1,3H3. The molecule has 0 saturated heterocycles. The second kappa shape index (κ2) is 7.96. The van der Waals surface area contributed by atoms with Gasteiger partial charge in [0.05, 0.1) is 7.11 Å². The second-order valence-electron chi connectivity index (χ2n) is 9.19. The van der Waals surface area contributed by atoms with E-state index in [1.165, 1.54) is 66.1 Å². The first-order chi connectivity index (χ1) is 15.0. The highest BCUT2D eigenvalue weighted by atomic mass is 16.5. The number of hydrogen-bond acceptors (Lipinski definition) is 3. The summed E-state index contributed by atoms with van der Waals surface area (Å²) in [6.07, 6.45) is 7.59. The molecular formula is C28H31NO2. The lowest BCUT2D eigenvalue weighted by Gasteiger charge is -2.21. The van der Waals surface area contributed by atoms with Gasteiger partial charge in [-0.2, -0.15) is 0 Å². The zero-order chi connectivity index (χ0) is 21.5. The van der Waals surface area contributed by atoms with Gasteiger partial charge >= 0.3 is 0 Å². The fourth-order valence-electron chi connectivity index (χ4n) is 4.92. The average molecular weight is 414 g/mol. The molecule has 0 spiro atoms. The maximum atomic E-state index is 10.3. The molecule has 5 rings (SSSR count). The van der Waals surface area contributed by atoms with E-state index in [4.69, 9.17) is 4.74 Å². The monoisotopic (exact) mass is 413 g/mol. The molecule has 2 fully saturated rings. The number of methoxy groups -OCH3 is 1. The SMILES string of the molecule is C=C(c1ccc2ccc(-c3cc(C)c(O)c(OC)c3)cc2c1NC1CCCC1)C1CC1. The van der Waals surface area contributed by atoms with E-state index in [1.807, 2.05) is 19.1 Å². The summed E-state index contributed by atoms with van der Waals surface area (Å²) in [4.78, 5) is 0. The molecule has 2 aliphatic rings. The fourth-order valence-corrected chi connectivity index (χ4v) is 4.92. The number of ether oxygens (including phenoxy) is 1. The van der Waals surface area contributed by atoms with Crippen molar-refractivity contribution >= 4 is 22.0 Å². The summed E-state index contributed by atoms with van der Waals surface area (Å²) in [6, 6.07) is 15.6. The van der Waals surface area contributed by atoms with Crippen molar-refractivity contribution < 1.29 is 9.84 Å². The molecule has 3 aromatic rings. The van der Waals surface area contributed by atoms with Crippen molar-refractivity contribution in [3.05, 3.63) is 60.2 Å². The number of rotatable bonds is 6. The summed E-state index contributed by atoms with van der Waals surface area (Å²) in [6.45, 7) is 6.38. The number of nitrogens with one attached hydrogen (secondary N) is 1. The van der Waals surface area contributed by atoms with E-state index in [2.05, 4.69) is 42.2 Å². The van der Waals surface area contributed by atoms with Gasteiger partial charge in [-0.05, 0) is 84.4 Å². The minimum Gasteiger partial charge on any atom is -0.504 e. The first kappa shape index (κ1) is 20.0.